The zero-order valence-electron chi connectivity index (χ0n) is 17.2. The van der Waals surface area contributed by atoms with E-state index >= 15 is 0 Å². The van der Waals surface area contributed by atoms with Crippen molar-refractivity contribution in [2.75, 3.05) is 7.05 Å². The molecule has 2 N–H and O–H groups in total. The lowest BCUT2D eigenvalue weighted by atomic mass is 10.1. The Labute approximate surface area is 198 Å². The molecule has 0 spiro atoms. The normalized spacial score (nSPS) is 11.1. The number of guanidine groups is 1. The smallest absolute Gasteiger partial charge is 0.226 e. The molecule has 0 aliphatic heterocycles. The van der Waals surface area contributed by atoms with Crippen LogP contribution in [0.1, 0.15) is 16.8 Å². The van der Waals surface area contributed by atoms with Crippen molar-refractivity contribution in [2.45, 2.75) is 19.6 Å². The third kappa shape index (κ3) is 6.42. The van der Waals surface area contributed by atoms with E-state index in [1.54, 1.807) is 19.5 Å². The van der Waals surface area contributed by atoms with Crippen LogP contribution in [-0.4, -0.2) is 27.5 Å². The Balaban J connectivity index is 0.00000272. The summed E-state index contributed by atoms with van der Waals surface area (Å²) in [4.78, 5) is 12.9. The maximum atomic E-state index is 5.58. The average molecular weight is 528 g/mol. The molecule has 4 rings (SSSR count). The number of nitrogens with one attached hydrogen (secondary N) is 2. The molecule has 7 nitrogen and oxygen atoms in total. The number of aromatic nitrogens is 3. The van der Waals surface area contributed by atoms with Gasteiger partial charge in [0.2, 0.25) is 5.89 Å². The van der Waals surface area contributed by atoms with E-state index in [1.165, 1.54) is 11.1 Å². The van der Waals surface area contributed by atoms with Crippen LogP contribution < -0.4 is 10.6 Å². The van der Waals surface area contributed by atoms with Gasteiger partial charge in [0.1, 0.15) is 6.26 Å². The van der Waals surface area contributed by atoms with Gasteiger partial charge in [-0.25, -0.2) is 9.97 Å². The van der Waals surface area contributed by atoms with Gasteiger partial charge in [-0.1, -0.05) is 42.5 Å². The zero-order valence-corrected chi connectivity index (χ0v) is 19.6. The van der Waals surface area contributed by atoms with Crippen LogP contribution in [0.4, 0.5) is 0 Å². The fourth-order valence-corrected chi connectivity index (χ4v) is 3.11. The number of nitrogens with zero attached hydrogens (tertiary/aromatic N) is 4. The first-order valence-corrected chi connectivity index (χ1v) is 9.78. The number of hydrogen-bond acceptors (Lipinski definition) is 4. The Bertz CT molecular complexity index is 1090. The molecular formula is C23H25IN6O. The van der Waals surface area contributed by atoms with E-state index in [0.717, 1.165) is 17.8 Å². The summed E-state index contributed by atoms with van der Waals surface area (Å²) >= 11 is 0. The van der Waals surface area contributed by atoms with Crippen LogP contribution in [0.5, 0.6) is 0 Å². The summed E-state index contributed by atoms with van der Waals surface area (Å²) in [6.07, 6.45) is 7.24. The molecule has 0 bridgehead atoms. The SMILES string of the molecule is CN=C(NCc1cccc(Cn2ccnc2)c1)NCc1coc(-c2ccccc2)n1.I. The van der Waals surface area contributed by atoms with Crippen molar-refractivity contribution < 1.29 is 4.42 Å². The number of aliphatic imine (C=N–C) groups is 1. The van der Waals surface area contributed by atoms with E-state index in [0.29, 0.717) is 24.9 Å². The molecule has 2 aromatic carbocycles. The second-order valence-corrected chi connectivity index (χ2v) is 6.84. The van der Waals surface area contributed by atoms with Crippen molar-refractivity contribution in [2.24, 2.45) is 4.99 Å². The Morgan fingerprint density at radius 1 is 1.03 bits per heavy atom. The quantitative estimate of drug-likeness (QED) is 0.215. The number of imidazole rings is 1. The summed E-state index contributed by atoms with van der Waals surface area (Å²) in [5.74, 6) is 1.32. The number of rotatable bonds is 7. The Hall–Kier alpha value is -3.14. The molecule has 2 heterocycles. The highest BCUT2D eigenvalue weighted by atomic mass is 127. The third-order valence-corrected chi connectivity index (χ3v) is 4.61. The third-order valence-electron chi connectivity index (χ3n) is 4.61. The van der Waals surface area contributed by atoms with E-state index < -0.39 is 0 Å². The van der Waals surface area contributed by atoms with E-state index in [2.05, 4.69) is 54.4 Å². The van der Waals surface area contributed by atoms with Gasteiger partial charge >= 0.3 is 0 Å². The number of oxazole rings is 1. The molecule has 8 heteroatoms. The van der Waals surface area contributed by atoms with Crippen LogP contribution in [0.3, 0.4) is 0 Å². The highest BCUT2D eigenvalue weighted by Crippen LogP contribution is 2.17. The van der Waals surface area contributed by atoms with E-state index in [1.807, 2.05) is 42.9 Å². The maximum absolute atomic E-state index is 5.58. The molecule has 2 aromatic heterocycles. The molecule has 0 aliphatic carbocycles. The highest BCUT2D eigenvalue weighted by molar-refractivity contribution is 14.0. The molecule has 31 heavy (non-hydrogen) atoms. The van der Waals surface area contributed by atoms with Gasteiger partial charge in [-0.05, 0) is 23.3 Å². The minimum atomic E-state index is 0. The largest absolute Gasteiger partial charge is 0.444 e. The summed E-state index contributed by atoms with van der Waals surface area (Å²) < 4.78 is 7.63. The molecule has 0 radical (unpaired) electrons. The first kappa shape index (κ1) is 22.5. The van der Waals surface area contributed by atoms with Crippen molar-refractivity contribution in [3.05, 3.63) is 96.4 Å². The Kier molecular flexibility index (Phi) is 8.22. The molecule has 0 amide bonds. The monoisotopic (exact) mass is 528 g/mol. The summed E-state index contributed by atoms with van der Waals surface area (Å²) in [7, 11) is 1.75. The van der Waals surface area contributed by atoms with Crippen LogP contribution in [0.25, 0.3) is 11.5 Å². The predicted molar refractivity (Wildman–Crippen MR) is 132 cm³/mol. The van der Waals surface area contributed by atoms with Crippen molar-refractivity contribution in [1.82, 2.24) is 25.2 Å². The summed E-state index contributed by atoms with van der Waals surface area (Å²) in [6, 6.07) is 18.3. The van der Waals surface area contributed by atoms with E-state index in [9.17, 15) is 0 Å². The minimum absolute atomic E-state index is 0. The Morgan fingerprint density at radius 2 is 1.84 bits per heavy atom. The fourth-order valence-electron chi connectivity index (χ4n) is 3.11. The molecule has 0 unspecified atom stereocenters. The number of halogens is 1. The van der Waals surface area contributed by atoms with Crippen LogP contribution in [0.15, 0.2) is 89.0 Å². The molecule has 4 aromatic rings. The number of hydrogen-bond donors (Lipinski definition) is 2. The van der Waals surface area contributed by atoms with Gasteiger partial charge in [-0.2, -0.15) is 0 Å². The molecule has 0 saturated carbocycles. The molecule has 160 valence electrons. The Morgan fingerprint density at radius 3 is 2.61 bits per heavy atom. The second kappa shape index (κ2) is 11.3. The average Bonchev–Trinajstić information content (AvgIpc) is 3.47. The van der Waals surface area contributed by atoms with Crippen LogP contribution >= 0.6 is 24.0 Å². The van der Waals surface area contributed by atoms with E-state index in [-0.39, 0.29) is 24.0 Å². The molecule has 0 fully saturated rings. The standard InChI is InChI=1S/C23H24N6O.HI/c1-24-23(27-14-21-16-30-22(28-21)20-8-3-2-4-9-20)26-13-18-6-5-7-19(12-18)15-29-11-10-25-17-29;/h2-12,16-17H,13-15H2,1H3,(H2,24,26,27);1H. The van der Waals surface area contributed by atoms with Crippen molar-refractivity contribution in [1.29, 1.82) is 0 Å². The van der Waals surface area contributed by atoms with Crippen molar-refractivity contribution in [3.8, 4) is 11.5 Å². The lowest BCUT2D eigenvalue weighted by Gasteiger charge is -2.12. The van der Waals surface area contributed by atoms with Gasteiger partial charge in [-0.3, -0.25) is 4.99 Å². The minimum Gasteiger partial charge on any atom is -0.444 e. The van der Waals surface area contributed by atoms with Gasteiger partial charge in [0.05, 0.1) is 18.6 Å². The zero-order chi connectivity index (χ0) is 20.6. The van der Waals surface area contributed by atoms with Gasteiger partial charge < -0.3 is 19.6 Å². The van der Waals surface area contributed by atoms with Crippen LogP contribution in [0, 0.1) is 0 Å². The topological polar surface area (TPSA) is 80.3 Å². The van der Waals surface area contributed by atoms with Gasteiger partial charge in [0.15, 0.2) is 5.96 Å². The maximum Gasteiger partial charge on any atom is 0.226 e. The summed E-state index contributed by atoms with van der Waals surface area (Å²) in [6.45, 7) is 2.00. The fraction of sp³-hybridized carbons (Fsp3) is 0.174. The van der Waals surface area contributed by atoms with Gasteiger partial charge in [0, 0.05) is 38.1 Å². The van der Waals surface area contributed by atoms with E-state index in [4.69, 9.17) is 4.42 Å². The molecular weight excluding hydrogens is 503 g/mol. The van der Waals surface area contributed by atoms with Gasteiger partial charge in [0.25, 0.3) is 0 Å². The lowest BCUT2D eigenvalue weighted by Crippen LogP contribution is -2.36. The first-order chi connectivity index (χ1) is 14.8. The molecule has 0 aliphatic rings. The lowest BCUT2D eigenvalue weighted by molar-refractivity contribution is 0.572. The highest BCUT2D eigenvalue weighted by Gasteiger charge is 2.07. The summed E-state index contributed by atoms with van der Waals surface area (Å²) in [5, 5.41) is 6.62. The van der Waals surface area contributed by atoms with Crippen molar-refractivity contribution >= 4 is 29.9 Å². The predicted octanol–water partition coefficient (Wildman–Crippen LogP) is 4.07. The summed E-state index contributed by atoms with van der Waals surface area (Å²) in [5.41, 5.74) is 4.19. The second-order valence-electron chi connectivity index (χ2n) is 6.84. The van der Waals surface area contributed by atoms with Gasteiger partial charge in [-0.15, -0.1) is 24.0 Å². The van der Waals surface area contributed by atoms with Crippen LogP contribution in [0.2, 0.25) is 0 Å². The molecule has 0 atom stereocenters. The van der Waals surface area contributed by atoms with Crippen LogP contribution in [-0.2, 0) is 19.6 Å². The molecule has 0 saturated heterocycles. The first-order valence-electron chi connectivity index (χ1n) is 9.78. The number of benzene rings is 2. The van der Waals surface area contributed by atoms with Crippen molar-refractivity contribution in [3.63, 3.8) is 0 Å².